The molecule has 0 saturated heterocycles. The van der Waals surface area contributed by atoms with Crippen LogP contribution < -0.4 is 5.32 Å². The van der Waals surface area contributed by atoms with Crippen LogP contribution in [0.25, 0.3) is 10.6 Å². The van der Waals surface area contributed by atoms with Crippen LogP contribution in [0.4, 0.5) is 0 Å². The lowest BCUT2D eigenvalue weighted by molar-refractivity contribution is 0.699. The highest BCUT2D eigenvalue weighted by molar-refractivity contribution is 7.13. The van der Waals surface area contributed by atoms with Gasteiger partial charge in [-0.3, -0.25) is 0 Å². The molecule has 86 valence electrons. The molecular weight excluding hydrogens is 230 g/mol. The SMILES string of the molecule is N#CCCNCc1ccc(-c2nccs2)cc1. The van der Waals surface area contributed by atoms with Gasteiger partial charge in [0.25, 0.3) is 0 Å². The zero-order chi connectivity index (χ0) is 11.9. The van der Waals surface area contributed by atoms with E-state index in [1.807, 2.05) is 11.6 Å². The number of nitrogens with zero attached hydrogens (tertiary/aromatic N) is 2. The molecule has 0 aliphatic heterocycles. The average Bonchev–Trinajstić information content (AvgIpc) is 2.89. The van der Waals surface area contributed by atoms with E-state index in [0.29, 0.717) is 6.42 Å². The Morgan fingerprint density at radius 3 is 2.76 bits per heavy atom. The van der Waals surface area contributed by atoms with Gasteiger partial charge in [0.15, 0.2) is 0 Å². The van der Waals surface area contributed by atoms with Gasteiger partial charge in [-0.1, -0.05) is 24.3 Å². The second-order valence-corrected chi connectivity index (χ2v) is 4.51. The first-order valence-electron chi connectivity index (χ1n) is 5.46. The first-order valence-corrected chi connectivity index (χ1v) is 6.34. The third-order valence-corrected chi connectivity index (χ3v) is 3.20. The molecule has 0 aliphatic rings. The molecular formula is C13H13N3S. The predicted molar refractivity (Wildman–Crippen MR) is 69.5 cm³/mol. The predicted octanol–water partition coefficient (Wildman–Crippen LogP) is 2.81. The summed E-state index contributed by atoms with van der Waals surface area (Å²) in [6.45, 7) is 1.55. The zero-order valence-electron chi connectivity index (χ0n) is 9.39. The highest BCUT2D eigenvalue weighted by Crippen LogP contribution is 2.21. The van der Waals surface area contributed by atoms with Gasteiger partial charge in [0.05, 0.1) is 6.07 Å². The van der Waals surface area contributed by atoms with Crippen molar-refractivity contribution in [3.05, 3.63) is 41.4 Å². The molecule has 0 atom stereocenters. The molecule has 3 nitrogen and oxygen atoms in total. The number of nitrogens with one attached hydrogen (secondary N) is 1. The average molecular weight is 243 g/mol. The largest absolute Gasteiger partial charge is 0.312 e. The molecule has 1 aromatic carbocycles. The van der Waals surface area contributed by atoms with Gasteiger partial charge in [0.2, 0.25) is 0 Å². The molecule has 1 heterocycles. The Bertz CT molecular complexity index is 482. The van der Waals surface area contributed by atoms with Crippen molar-refractivity contribution in [2.45, 2.75) is 13.0 Å². The molecule has 1 N–H and O–H groups in total. The van der Waals surface area contributed by atoms with Crippen molar-refractivity contribution in [3.8, 4) is 16.6 Å². The van der Waals surface area contributed by atoms with Crippen LogP contribution in [0.2, 0.25) is 0 Å². The Hall–Kier alpha value is -1.70. The van der Waals surface area contributed by atoms with Crippen molar-refractivity contribution < 1.29 is 0 Å². The molecule has 0 aliphatic carbocycles. The van der Waals surface area contributed by atoms with Crippen LogP contribution >= 0.6 is 11.3 Å². The lowest BCUT2D eigenvalue weighted by atomic mass is 10.1. The number of benzene rings is 1. The van der Waals surface area contributed by atoms with E-state index in [1.54, 1.807) is 11.3 Å². The first kappa shape index (κ1) is 11.8. The highest BCUT2D eigenvalue weighted by atomic mass is 32.1. The minimum absolute atomic E-state index is 0.553. The Morgan fingerprint density at radius 2 is 2.12 bits per heavy atom. The fourth-order valence-electron chi connectivity index (χ4n) is 1.51. The van der Waals surface area contributed by atoms with Gasteiger partial charge in [-0.2, -0.15) is 5.26 Å². The van der Waals surface area contributed by atoms with Gasteiger partial charge < -0.3 is 5.32 Å². The van der Waals surface area contributed by atoms with Gasteiger partial charge in [-0.05, 0) is 5.56 Å². The summed E-state index contributed by atoms with van der Waals surface area (Å²) in [5.74, 6) is 0. The minimum Gasteiger partial charge on any atom is -0.312 e. The number of aromatic nitrogens is 1. The Kier molecular flexibility index (Phi) is 4.25. The summed E-state index contributed by atoms with van der Waals surface area (Å²) in [5, 5.41) is 14.7. The second-order valence-electron chi connectivity index (χ2n) is 3.62. The second kappa shape index (κ2) is 6.14. The molecule has 0 amide bonds. The maximum absolute atomic E-state index is 8.41. The van der Waals surface area contributed by atoms with Crippen LogP contribution in [0.5, 0.6) is 0 Å². The van der Waals surface area contributed by atoms with Gasteiger partial charge >= 0.3 is 0 Å². The van der Waals surface area contributed by atoms with E-state index in [1.165, 1.54) is 5.56 Å². The monoisotopic (exact) mass is 243 g/mol. The Balaban J connectivity index is 1.92. The number of rotatable bonds is 5. The first-order chi connectivity index (χ1) is 8.40. The summed E-state index contributed by atoms with van der Waals surface area (Å²) in [6.07, 6.45) is 2.37. The summed E-state index contributed by atoms with van der Waals surface area (Å²) in [7, 11) is 0. The summed E-state index contributed by atoms with van der Waals surface area (Å²) >= 11 is 1.64. The van der Waals surface area contributed by atoms with Crippen molar-refractivity contribution >= 4 is 11.3 Å². The fourth-order valence-corrected chi connectivity index (χ4v) is 2.15. The Morgan fingerprint density at radius 1 is 1.29 bits per heavy atom. The number of hydrogen-bond donors (Lipinski definition) is 1. The normalized spacial score (nSPS) is 10.1. The highest BCUT2D eigenvalue weighted by Gasteiger charge is 1.99. The van der Waals surface area contributed by atoms with Crippen LogP contribution in [-0.4, -0.2) is 11.5 Å². The molecule has 0 fully saturated rings. The Labute approximate surface area is 105 Å². The molecule has 0 saturated carbocycles. The third-order valence-electron chi connectivity index (χ3n) is 2.38. The van der Waals surface area contributed by atoms with Gasteiger partial charge in [-0.25, -0.2) is 4.98 Å². The van der Waals surface area contributed by atoms with Crippen LogP contribution in [0.15, 0.2) is 35.8 Å². The standard InChI is InChI=1S/C13H13N3S/c14-6-1-7-15-10-11-2-4-12(5-3-11)13-16-8-9-17-13/h2-5,8-9,15H,1,7,10H2. The molecule has 0 bridgehead atoms. The smallest absolute Gasteiger partial charge is 0.123 e. The van der Waals surface area contributed by atoms with E-state index >= 15 is 0 Å². The molecule has 2 rings (SSSR count). The summed E-state index contributed by atoms with van der Waals surface area (Å²) in [5.41, 5.74) is 2.38. The van der Waals surface area contributed by atoms with Gasteiger partial charge in [0.1, 0.15) is 5.01 Å². The van der Waals surface area contributed by atoms with Crippen LogP contribution in [0, 0.1) is 11.3 Å². The maximum atomic E-state index is 8.41. The van der Waals surface area contributed by atoms with Crippen molar-refractivity contribution in [1.29, 1.82) is 5.26 Å². The third kappa shape index (κ3) is 3.38. The van der Waals surface area contributed by atoms with E-state index < -0.39 is 0 Å². The van der Waals surface area contributed by atoms with E-state index in [4.69, 9.17) is 5.26 Å². The van der Waals surface area contributed by atoms with Crippen molar-refractivity contribution in [2.75, 3.05) is 6.54 Å². The number of thiazole rings is 1. The molecule has 2 aromatic rings. The minimum atomic E-state index is 0.553. The summed E-state index contributed by atoms with van der Waals surface area (Å²) in [6, 6.07) is 10.5. The van der Waals surface area contributed by atoms with Crippen molar-refractivity contribution in [3.63, 3.8) is 0 Å². The molecule has 17 heavy (non-hydrogen) atoms. The van der Waals surface area contributed by atoms with E-state index in [0.717, 1.165) is 23.7 Å². The molecule has 4 heteroatoms. The van der Waals surface area contributed by atoms with E-state index in [2.05, 4.69) is 40.6 Å². The summed E-state index contributed by atoms with van der Waals surface area (Å²) in [4.78, 5) is 4.27. The molecule has 1 aromatic heterocycles. The lowest BCUT2D eigenvalue weighted by Crippen LogP contribution is -2.13. The molecule has 0 spiro atoms. The van der Waals surface area contributed by atoms with Crippen molar-refractivity contribution in [1.82, 2.24) is 10.3 Å². The number of nitriles is 1. The molecule has 0 unspecified atom stereocenters. The summed E-state index contributed by atoms with van der Waals surface area (Å²) < 4.78 is 0. The van der Waals surface area contributed by atoms with Crippen LogP contribution in [0.3, 0.4) is 0 Å². The quantitative estimate of drug-likeness (QED) is 0.821. The van der Waals surface area contributed by atoms with Crippen molar-refractivity contribution in [2.24, 2.45) is 0 Å². The van der Waals surface area contributed by atoms with Crippen LogP contribution in [-0.2, 0) is 6.54 Å². The fraction of sp³-hybridized carbons (Fsp3) is 0.231. The van der Waals surface area contributed by atoms with Gasteiger partial charge in [0, 0.05) is 36.7 Å². The van der Waals surface area contributed by atoms with Crippen LogP contribution in [0.1, 0.15) is 12.0 Å². The molecule has 0 radical (unpaired) electrons. The zero-order valence-corrected chi connectivity index (χ0v) is 10.2. The van der Waals surface area contributed by atoms with Gasteiger partial charge in [-0.15, -0.1) is 11.3 Å². The number of hydrogen-bond acceptors (Lipinski definition) is 4. The topological polar surface area (TPSA) is 48.7 Å². The maximum Gasteiger partial charge on any atom is 0.123 e. The van der Waals surface area contributed by atoms with E-state index in [9.17, 15) is 0 Å². The van der Waals surface area contributed by atoms with E-state index in [-0.39, 0.29) is 0 Å². The lowest BCUT2D eigenvalue weighted by Gasteiger charge is -2.03.